The van der Waals surface area contributed by atoms with E-state index in [1.165, 1.54) is 19.1 Å². The SMILES string of the molecule is COc1cc(Br)cc([C@H]2C3=CC[C@@H]4C(=O)N(c5ccc(Br)cc5)C(=O)[C@@H]4[C@@H]3C[C@@]3(Cl)C(=O)N(C)C(=O)[C@@]23Cl)c1O. The molecule has 2 aromatic rings. The van der Waals surface area contributed by atoms with Gasteiger partial charge >= 0.3 is 0 Å². The van der Waals surface area contributed by atoms with E-state index in [2.05, 4.69) is 31.9 Å². The molecule has 2 heterocycles. The number of anilines is 1. The standard InChI is InChI=1S/C28H22Br2Cl2N2O6/c1-33-25(38)27(31)11-18-15(21(28(27,32)26(33)39)17-9-13(30)10-19(40-2)22(17)35)7-8-16-20(18)24(37)34(23(16)36)14-5-3-12(29)4-6-14/h3-7,9-10,16,18,20-21,35H,8,11H2,1-2H3/t16-,18+,20-,21+,27+,28-/m0/s1. The van der Waals surface area contributed by atoms with Crippen LogP contribution in [0.5, 0.6) is 11.5 Å². The first kappa shape index (κ1) is 27.8. The number of phenolic OH excluding ortho intramolecular Hbond substituents is 1. The van der Waals surface area contributed by atoms with Gasteiger partial charge in [0.25, 0.3) is 11.8 Å². The third-order valence-electron chi connectivity index (χ3n) is 8.70. The number of benzene rings is 2. The lowest BCUT2D eigenvalue weighted by Crippen LogP contribution is -2.60. The summed E-state index contributed by atoms with van der Waals surface area (Å²) < 4.78 is 6.69. The number of methoxy groups -OCH3 is 1. The second-order valence-electron chi connectivity index (χ2n) is 10.5. The highest BCUT2D eigenvalue weighted by atomic mass is 79.9. The van der Waals surface area contributed by atoms with Gasteiger partial charge in [0.15, 0.2) is 21.2 Å². The molecule has 0 unspecified atom stereocenters. The summed E-state index contributed by atoms with van der Waals surface area (Å²) in [7, 11) is 2.70. The fraction of sp³-hybridized carbons (Fsp3) is 0.357. The van der Waals surface area contributed by atoms with E-state index in [-0.39, 0.29) is 35.8 Å². The molecule has 1 N–H and O–H groups in total. The van der Waals surface area contributed by atoms with Crippen molar-refractivity contribution in [2.45, 2.75) is 28.5 Å². The number of rotatable bonds is 3. The van der Waals surface area contributed by atoms with Crippen molar-refractivity contribution in [2.75, 3.05) is 19.1 Å². The molecule has 3 fully saturated rings. The first-order valence-electron chi connectivity index (χ1n) is 12.5. The zero-order valence-corrected chi connectivity index (χ0v) is 25.8. The number of carbonyl (C=O) groups is 4. The number of amides is 4. The maximum atomic E-state index is 14.0. The molecule has 4 amide bonds. The normalized spacial score (nSPS) is 33.1. The van der Waals surface area contributed by atoms with Crippen LogP contribution in [0.2, 0.25) is 0 Å². The lowest BCUT2D eigenvalue weighted by molar-refractivity contribution is -0.138. The number of allylic oxidation sites excluding steroid dienone is 2. The number of fused-ring (bicyclic) bond motifs is 4. The Balaban J connectivity index is 1.55. The zero-order chi connectivity index (χ0) is 28.9. The fourth-order valence-electron chi connectivity index (χ4n) is 6.90. The molecule has 40 heavy (non-hydrogen) atoms. The summed E-state index contributed by atoms with van der Waals surface area (Å²) in [5.74, 6) is -5.58. The van der Waals surface area contributed by atoms with Gasteiger partial charge in [-0.05, 0) is 55.2 Å². The van der Waals surface area contributed by atoms with Crippen LogP contribution >= 0.6 is 55.1 Å². The van der Waals surface area contributed by atoms with E-state index in [0.717, 1.165) is 9.37 Å². The Morgan fingerprint density at radius 2 is 1.65 bits per heavy atom. The number of carbonyl (C=O) groups excluding carboxylic acids is 4. The van der Waals surface area contributed by atoms with E-state index < -0.39 is 51.1 Å². The molecule has 6 atom stereocenters. The van der Waals surface area contributed by atoms with Gasteiger partial charge in [0, 0.05) is 27.5 Å². The van der Waals surface area contributed by atoms with E-state index in [4.69, 9.17) is 27.9 Å². The monoisotopic (exact) mass is 710 g/mol. The summed E-state index contributed by atoms with van der Waals surface area (Å²) in [6.45, 7) is 0. The van der Waals surface area contributed by atoms with Gasteiger partial charge in [0.1, 0.15) is 0 Å². The van der Waals surface area contributed by atoms with Crippen LogP contribution in [0, 0.1) is 17.8 Å². The van der Waals surface area contributed by atoms with Crippen LogP contribution < -0.4 is 9.64 Å². The fourth-order valence-corrected chi connectivity index (χ4v) is 8.63. The number of likely N-dealkylation sites (tertiary alicyclic amines) is 1. The van der Waals surface area contributed by atoms with Gasteiger partial charge in [0.05, 0.1) is 24.6 Å². The molecular weight excluding hydrogens is 691 g/mol. The van der Waals surface area contributed by atoms with Gasteiger partial charge in [-0.1, -0.05) is 43.5 Å². The first-order valence-corrected chi connectivity index (χ1v) is 14.8. The Morgan fingerprint density at radius 1 is 0.975 bits per heavy atom. The summed E-state index contributed by atoms with van der Waals surface area (Å²) in [5, 5.41) is 11.3. The molecule has 0 aromatic heterocycles. The predicted molar refractivity (Wildman–Crippen MR) is 154 cm³/mol. The molecule has 0 bridgehead atoms. The molecule has 8 nitrogen and oxygen atoms in total. The number of nitrogens with zero attached hydrogens (tertiary/aromatic N) is 2. The van der Waals surface area contributed by atoms with Crippen molar-refractivity contribution < 1.29 is 29.0 Å². The Morgan fingerprint density at radius 3 is 2.30 bits per heavy atom. The van der Waals surface area contributed by atoms with E-state index in [1.54, 1.807) is 36.4 Å². The van der Waals surface area contributed by atoms with Crippen molar-refractivity contribution in [1.82, 2.24) is 4.90 Å². The maximum Gasteiger partial charge on any atom is 0.253 e. The highest BCUT2D eigenvalue weighted by Crippen LogP contribution is 2.66. The third-order valence-corrected chi connectivity index (χ3v) is 11.1. The van der Waals surface area contributed by atoms with Gasteiger partial charge in [-0.15, -0.1) is 23.2 Å². The Hall–Kier alpha value is -2.40. The van der Waals surface area contributed by atoms with Gasteiger partial charge in [-0.25, -0.2) is 0 Å². The molecule has 2 aliphatic carbocycles. The average molecular weight is 713 g/mol. The average Bonchev–Trinajstić information content (AvgIpc) is 3.25. The van der Waals surface area contributed by atoms with E-state index in [0.29, 0.717) is 15.7 Å². The van der Waals surface area contributed by atoms with Crippen LogP contribution in [0.3, 0.4) is 0 Å². The Labute approximate surface area is 256 Å². The van der Waals surface area contributed by atoms with Crippen LogP contribution in [0.15, 0.2) is 57.0 Å². The van der Waals surface area contributed by atoms with E-state index in [9.17, 15) is 24.3 Å². The smallest absolute Gasteiger partial charge is 0.253 e. The van der Waals surface area contributed by atoms with E-state index >= 15 is 0 Å². The van der Waals surface area contributed by atoms with Gasteiger partial charge in [-0.2, -0.15) is 0 Å². The number of hydrogen-bond donors (Lipinski definition) is 1. The number of alkyl halides is 2. The molecule has 1 saturated carbocycles. The van der Waals surface area contributed by atoms with Crippen LogP contribution in [0.25, 0.3) is 0 Å². The summed E-state index contributed by atoms with van der Waals surface area (Å²) in [6.07, 6.45) is 1.91. The summed E-state index contributed by atoms with van der Waals surface area (Å²) in [5.41, 5.74) is 1.24. The highest BCUT2D eigenvalue weighted by molar-refractivity contribution is 9.10. The minimum Gasteiger partial charge on any atom is -0.504 e. The summed E-state index contributed by atoms with van der Waals surface area (Å²) >= 11 is 21.1. The molecule has 4 aliphatic rings. The number of aromatic hydroxyl groups is 1. The molecule has 6 rings (SSSR count). The zero-order valence-electron chi connectivity index (χ0n) is 21.2. The number of hydrogen-bond acceptors (Lipinski definition) is 6. The highest BCUT2D eigenvalue weighted by Gasteiger charge is 2.76. The second kappa shape index (κ2) is 9.31. The van der Waals surface area contributed by atoms with Crippen LogP contribution in [-0.2, 0) is 19.2 Å². The second-order valence-corrected chi connectivity index (χ2v) is 13.6. The Bertz CT molecular complexity index is 1550. The third kappa shape index (κ3) is 3.48. The van der Waals surface area contributed by atoms with Crippen molar-refractivity contribution in [3.8, 4) is 11.5 Å². The molecule has 12 heteroatoms. The van der Waals surface area contributed by atoms with Crippen LogP contribution in [-0.4, -0.2) is 57.5 Å². The maximum absolute atomic E-state index is 14.0. The molecule has 0 radical (unpaired) electrons. The largest absolute Gasteiger partial charge is 0.504 e. The molecule has 0 spiro atoms. The lowest BCUT2D eigenvalue weighted by atomic mass is 9.56. The number of phenols is 1. The molecule has 2 aliphatic heterocycles. The van der Waals surface area contributed by atoms with Crippen molar-refractivity contribution in [1.29, 1.82) is 0 Å². The van der Waals surface area contributed by atoms with Gasteiger partial charge in [-0.3, -0.25) is 29.0 Å². The minimum absolute atomic E-state index is 0.125. The summed E-state index contributed by atoms with van der Waals surface area (Å²) in [6, 6.07) is 10.0. The van der Waals surface area contributed by atoms with Crippen molar-refractivity contribution in [3.63, 3.8) is 0 Å². The number of ether oxygens (including phenoxy) is 1. The summed E-state index contributed by atoms with van der Waals surface area (Å²) in [4.78, 5) is 53.0. The van der Waals surface area contributed by atoms with Gasteiger partial charge < -0.3 is 9.84 Å². The van der Waals surface area contributed by atoms with Crippen molar-refractivity contribution in [2.24, 2.45) is 17.8 Å². The first-order chi connectivity index (χ1) is 18.9. The van der Waals surface area contributed by atoms with Crippen LogP contribution in [0.1, 0.15) is 24.3 Å². The van der Waals surface area contributed by atoms with Crippen molar-refractivity contribution >= 4 is 84.4 Å². The molecular formula is C28H22Br2Cl2N2O6. The van der Waals surface area contributed by atoms with Gasteiger partial charge in [0.2, 0.25) is 11.8 Å². The predicted octanol–water partition coefficient (Wildman–Crippen LogP) is 5.12. The molecule has 208 valence electrons. The Kier molecular flexibility index (Phi) is 6.46. The molecule has 2 aromatic carbocycles. The van der Waals surface area contributed by atoms with Crippen LogP contribution in [0.4, 0.5) is 5.69 Å². The lowest BCUT2D eigenvalue weighted by Gasteiger charge is -2.50. The number of imide groups is 2. The van der Waals surface area contributed by atoms with E-state index in [1.807, 2.05) is 6.08 Å². The number of halogens is 4. The molecule has 2 saturated heterocycles. The topological polar surface area (TPSA) is 104 Å². The van der Waals surface area contributed by atoms with Crippen molar-refractivity contribution in [3.05, 3.63) is 62.6 Å². The quantitative estimate of drug-likeness (QED) is 0.269. The minimum atomic E-state index is -2.00.